The quantitative estimate of drug-likeness (QED) is 0.608. The molecular weight excluding hydrogens is 224 g/mol. The fourth-order valence-electron chi connectivity index (χ4n) is 2.69. The highest BCUT2D eigenvalue weighted by Crippen LogP contribution is 2.16. The van der Waals surface area contributed by atoms with E-state index in [1.54, 1.807) is 0 Å². The minimum absolute atomic E-state index is 0.632. The molecule has 1 saturated heterocycles. The molecule has 0 saturated carbocycles. The van der Waals surface area contributed by atoms with Crippen molar-refractivity contribution in [3.05, 3.63) is 0 Å². The van der Waals surface area contributed by atoms with Crippen molar-refractivity contribution in [3.8, 4) is 0 Å². The van der Waals surface area contributed by atoms with Gasteiger partial charge in [-0.2, -0.15) is 0 Å². The zero-order valence-electron chi connectivity index (χ0n) is 12.6. The first-order valence-electron chi connectivity index (χ1n) is 7.67. The van der Waals surface area contributed by atoms with Gasteiger partial charge in [0.2, 0.25) is 0 Å². The van der Waals surface area contributed by atoms with E-state index in [-0.39, 0.29) is 0 Å². The molecule has 0 amide bonds. The Morgan fingerprint density at radius 3 is 2.72 bits per heavy atom. The van der Waals surface area contributed by atoms with Crippen LogP contribution >= 0.6 is 0 Å². The van der Waals surface area contributed by atoms with Crippen molar-refractivity contribution in [2.75, 3.05) is 39.9 Å². The molecule has 0 aromatic heterocycles. The maximum Gasteiger partial charge on any atom is 0.0503 e. The average molecular weight is 256 g/mol. The van der Waals surface area contributed by atoms with Gasteiger partial charge in [0.1, 0.15) is 0 Å². The molecule has 1 atom stereocenters. The Hall–Kier alpha value is -0.120. The largest absolute Gasteiger partial charge is 0.384 e. The molecule has 1 heterocycles. The van der Waals surface area contributed by atoms with E-state index < -0.39 is 0 Å². The van der Waals surface area contributed by atoms with E-state index in [9.17, 15) is 0 Å². The molecule has 0 aromatic carbocycles. The maximum absolute atomic E-state index is 5.23. The average Bonchev–Trinajstić information content (AvgIpc) is 2.76. The lowest BCUT2D eigenvalue weighted by Gasteiger charge is -2.15. The Labute approximate surface area is 113 Å². The van der Waals surface area contributed by atoms with Gasteiger partial charge in [0, 0.05) is 19.7 Å². The van der Waals surface area contributed by atoms with Gasteiger partial charge >= 0.3 is 0 Å². The summed E-state index contributed by atoms with van der Waals surface area (Å²) < 4.78 is 5.23. The van der Waals surface area contributed by atoms with E-state index in [1.165, 1.54) is 58.3 Å². The topological polar surface area (TPSA) is 24.5 Å². The van der Waals surface area contributed by atoms with E-state index >= 15 is 0 Å². The van der Waals surface area contributed by atoms with Crippen LogP contribution in [-0.2, 0) is 4.74 Å². The first-order valence-corrected chi connectivity index (χ1v) is 7.67. The monoisotopic (exact) mass is 256 g/mol. The molecule has 0 aromatic rings. The van der Waals surface area contributed by atoms with Crippen LogP contribution in [0.25, 0.3) is 0 Å². The fraction of sp³-hybridized carbons (Fsp3) is 1.00. The summed E-state index contributed by atoms with van der Waals surface area (Å²) in [7, 11) is 1.81. The highest BCUT2D eigenvalue weighted by Gasteiger charge is 2.21. The van der Waals surface area contributed by atoms with Gasteiger partial charge in [0.05, 0.1) is 6.61 Å². The number of nitrogens with one attached hydrogen (secondary N) is 1. The van der Waals surface area contributed by atoms with Crippen LogP contribution in [0.15, 0.2) is 0 Å². The van der Waals surface area contributed by atoms with Gasteiger partial charge in [-0.05, 0) is 44.8 Å². The van der Waals surface area contributed by atoms with E-state index in [4.69, 9.17) is 4.74 Å². The summed E-state index contributed by atoms with van der Waals surface area (Å²) in [6, 6.07) is 0.632. The molecule has 18 heavy (non-hydrogen) atoms. The second-order valence-corrected chi connectivity index (χ2v) is 5.93. The summed E-state index contributed by atoms with van der Waals surface area (Å²) >= 11 is 0. The maximum atomic E-state index is 5.23. The number of hydrogen-bond acceptors (Lipinski definition) is 3. The SMILES string of the molecule is COCC1CCN(CCCCCCNC(C)C)C1. The molecule has 1 fully saturated rings. The third kappa shape index (κ3) is 7.34. The van der Waals surface area contributed by atoms with Gasteiger partial charge in [-0.25, -0.2) is 0 Å². The molecule has 1 unspecified atom stereocenters. The van der Waals surface area contributed by atoms with Crippen LogP contribution in [0.3, 0.4) is 0 Å². The van der Waals surface area contributed by atoms with Crippen molar-refractivity contribution in [1.82, 2.24) is 10.2 Å². The minimum Gasteiger partial charge on any atom is -0.384 e. The summed E-state index contributed by atoms with van der Waals surface area (Å²) in [5.41, 5.74) is 0. The fourth-order valence-corrected chi connectivity index (χ4v) is 2.69. The Bertz CT molecular complexity index is 197. The Balaban J connectivity index is 1.87. The van der Waals surface area contributed by atoms with Crippen LogP contribution in [0.4, 0.5) is 0 Å². The Morgan fingerprint density at radius 1 is 1.22 bits per heavy atom. The molecule has 0 aliphatic carbocycles. The number of nitrogens with zero attached hydrogens (tertiary/aromatic N) is 1. The van der Waals surface area contributed by atoms with Gasteiger partial charge in [0.15, 0.2) is 0 Å². The number of hydrogen-bond donors (Lipinski definition) is 1. The van der Waals surface area contributed by atoms with Crippen molar-refractivity contribution in [3.63, 3.8) is 0 Å². The predicted octanol–water partition coefficient (Wildman–Crippen LogP) is 2.51. The van der Waals surface area contributed by atoms with E-state index in [0.29, 0.717) is 6.04 Å². The molecular formula is C15H32N2O. The zero-order chi connectivity index (χ0) is 13.2. The number of likely N-dealkylation sites (tertiary alicyclic amines) is 1. The van der Waals surface area contributed by atoms with Crippen molar-refractivity contribution in [2.24, 2.45) is 5.92 Å². The van der Waals surface area contributed by atoms with Gasteiger partial charge in [0.25, 0.3) is 0 Å². The normalized spacial score (nSPS) is 21.0. The van der Waals surface area contributed by atoms with E-state index in [1.807, 2.05) is 7.11 Å². The molecule has 1 aliphatic heterocycles. The summed E-state index contributed by atoms with van der Waals surface area (Å²) in [5, 5.41) is 3.47. The number of unbranched alkanes of at least 4 members (excludes halogenated alkanes) is 3. The molecule has 3 nitrogen and oxygen atoms in total. The number of rotatable bonds is 10. The summed E-state index contributed by atoms with van der Waals surface area (Å²) in [5.74, 6) is 0.783. The Morgan fingerprint density at radius 2 is 2.00 bits per heavy atom. The molecule has 1 rings (SSSR count). The van der Waals surface area contributed by atoms with Crippen molar-refractivity contribution in [1.29, 1.82) is 0 Å². The molecule has 1 N–H and O–H groups in total. The van der Waals surface area contributed by atoms with Crippen molar-refractivity contribution >= 4 is 0 Å². The van der Waals surface area contributed by atoms with Crippen LogP contribution in [-0.4, -0.2) is 50.8 Å². The second-order valence-electron chi connectivity index (χ2n) is 5.93. The molecule has 0 radical (unpaired) electrons. The predicted molar refractivity (Wildman–Crippen MR) is 78.0 cm³/mol. The van der Waals surface area contributed by atoms with E-state index in [2.05, 4.69) is 24.1 Å². The van der Waals surface area contributed by atoms with Crippen LogP contribution in [0.2, 0.25) is 0 Å². The van der Waals surface area contributed by atoms with Crippen LogP contribution in [0.1, 0.15) is 46.0 Å². The summed E-state index contributed by atoms with van der Waals surface area (Å²) in [6.45, 7) is 10.4. The van der Waals surface area contributed by atoms with Crippen LogP contribution in [0.5, 0.6) is 0 Å². The zero-order valence-corrected chi connectivity index (χ0v) is 12.6. The van der Waals surface area contributed by atoms with Gasteiger partial charge in [-0.1, -0.05) is 26.7 Å². The highest BCUT2D eigenvalue weighted by atomic mass is 16.5. The summed E-state index contributed by atoms with van der Waals surface area (Å²) in [4.78, 5) is 2.61. The lowest BCUT2D eigenvalue weighted by atomic mass is 10.1. The third-order valence-corrected chi connectivity index (χ3v) is 3.73. The first kappa shape index (κ1) is 15.9. The molecule has 3 heteroatoms. The minimum atomic E-state index is 0.632. The van der Waals surface area contributed by atoms with Crippen LogP contribution < -0.4 is 5.32 Å². The van der Waals surface area contributed by atoms with E-state index in [0.717, 1.165) is 12.5 Å². The van der Waals surface area contributed by atoms with Gasteiger partial charge < -0.3 is 15.0 Å². The number of ether oxygens (including phenoxy) is 1. The van der Waals surface area contributed by atoms with Gasteiger partial charge in [-0.3, -0.25) is 0 Å². The second kappa shape index (κ2) is 9.76. The molecule has 108 valence electrons. The van der Waals surface area contributed by atoms with Crippen molar-refractivity contribution in [2.45, 2.75) is 52.0 Å². The lowest BCUT2D eigenvalue weighted by molar-refractivity contribution is 0.153. The third-order valence-electron chi connectivity index (χ3n) is 3.73. The number of methoxy groups -OCH3 is 1. The standard InChI is InChI=1S/C15H32N2O/c1-14(2)16-9-6-4-5-7-10-17-11-8-15(12-17)13-18-3/h14-16H,4-13H2,1-3H3. The molecule has 1 aliphatic rings. The highest BCUT2D eigenvalue weighted by molar-refractivity contribution is 4.74. The molecule has 0 bridgehead atoms. The van der Waals surface area contributed by atoms with Crippen molar-refractivity contribution < 1.29 is 4.74 Å². The Kier molecular flexibility index (Phi) is 8.64. The van der Waals surface area contributed by atoms with Gasteiger partial charge in [-0.15, -0.1) is 0 Å². The summed E-state index contributed by atoms with van der Waals surface area (Å²) in [6.07, 6.45) is 6.76. The van der Waals surface area contributed by atoms with Crippen LogP contribution in [0, 0.1) is 5.92 Å². The lowest BCUT2D eigenvalue weighted by Crippen LogP contribution is -2.24. The first-order chi connectivity index (χ1) is 8.72. The molecule has 0 spiro atoms. The smallest absolute Gasteiger partial charge is 0.0503 e.